The van der Waals surface area contributed by atoms with Gasteiger partial charge in [0.15, 0.2) is 0 Å². The Labute approximate surface area is 113 Å². The van der Waals surface area contributed by atoms with Gasteiger partial charge >= 0.3 is 6.03 Å². The number of anilines is 1. The average molecular weight is 307 g/mol. The molecule has 1 heterocycles. The van der Waals surface area contributed by atoms with Crippen molar-refractivity contribution in [3.63, 3.8) is 0 Å². The number of urea groups is 1. The lowest BCUT2D eigenvalue weighted by atomic mass is 10.2. The molecule has 0 radical (unpaired) electrons. The fourth-order valence-electron chi connectivity index (χ4n) is 1.30. The van der Waals surface area contributed by atoms with Crippen molar-refractivity contribution in [2.24, 2.45) is 0 Å². The summed E-state index contributed by atoms with van der Waals surface area (Å²) in [6, 6.07) is 9.33. The smallest absolute Gasteiger partial charge is 0.321 e. The quantitative estimate of drug-likeness (QED) is 0.916. The molecule has 6 heteroatoms. The number of aromatic nitrogens is 2. The van der Waals surface area contributed by atoms with Gasteiger partial charge in [-0.25, -0.2) is 14.8 Å². The molecular weight excluding hydrogens is 296 g/mol. The number of hydrogen-bond acceptors (Lipinski definition) is 3. The fourth-order valence-corrected chi connectivity index (χ4v) is 1.51. The number of amides is 2. The van der Waals surface area contributed by atoms with Crippen molar-refractivity contribution in [2.75, 3.05) is 5.32 Å². The summed E-state index contributed by atoms with van der Waals surface area (Å²) in [4.78, 5) is 19.4. The Kier molecular flexibility index (Phi) is 4.25. The van der Waals surface area contributed by atoms with Crippen molar-refractivity contribution >= 4 is 27.9 Å². The van der Waals surface area contributed by atoms with Gasteiger partial charge in [-0.1, -0.05) is 30.3 Å². The SMILES string of the molecule is O=C(NCc1ccccc1)Nc1ncc(Br)cn1. The summed E-state index contributed by atoms with van der Waals surface area (Å²) in [6.45, 7) is 0.462. The Morgan fingerprint density at radius 3 is 2.50 bits per heavy atom. The molecule has 0 spiro atoms. The predicted molar refractivity (Wildman–Crippen MR) is 72.0 cm³/mol. The van der Waals surface area contributed by atoms with Gasteiger partial charge in [-0.2, -0.15) is 0 Å². The number of nitrogens with one attached hydrogen (secondary N) is 2. The third kappa shape index (κ3) is 3.81. The van der Waals surface area contributed by atoms with Crippen LogP contribution in [0.25, 0.3) is 0 Å². The maximum absolute atomic E-state index is 11.6. The molecule has 1 aromatic heterocycles. The molecule has 2 aromatic rings. The Hall–Kier alpha value is -1.95. The van der Waals surface area contributed by atoms with Crippen LogP contribution in [0.3, 0.4) is 0 Å². The molecule has 0 aliphatic rings. The number of carbonyl (C=O) groups excluding carboxylic acids is 1. The highest BCUT2D eigenvalue weighted by atomic mass is 79.9. The second-order valence-electron chi connectivity index (χ2n) is 3.52. The highest BCUT2D eigenvalue weighted by Crippen LogP contribution is 2.06. The van der Waals surface area contributed by atoms with Gasteiger partial charge < -0.3 is 5.32 Å². The van der Waals surface area contributed by atoms with Crippen LogP contribution < -0.4 is 10.6 Å². The summed E-state index contributed by atoms with van der Waals surface area (Å²) in [6.07, 6.45) is 3.14. The zero-order chi connectivity index (χ0) is 12.8. The van der Waals surface area contributed by atoms with Gasteiger partial charge in [0.25, 0.3) is 0 Å². The number of nitrogens with zero attached hydrogens (tertiary/aromatic N) is 2. The van der Waals surface area contributed by atoms with Crippen LogP contribution in [0.1, 0.15) is 5.56 Å². The van der Waals surface area contributed by atoms with Crippen LogP contribution in [0.5, 0.6) is 0 Å². The summed E-state index contributed by atoms with van der Waals surface area (Å²) >= 11 is 3.22. The molecule has 0 unspecified atom stereocenters. The van der Waals surface area contributed by atoms with E-state index in [1.165, 1.54) is 0 Å². The number of rotatable bonds is 3. The van der Waals surface area contributed by atoms with Crippen molar-refractivity contribution in [1.82, 2.24) is 15.3 Å². The van der Waals surface area contributed by atoms with Gasteiger partial charge in [-0.15, -0.1) is 0 Å². The maximum atomic E-state index is 11.6. The molecule has 0 fully saturated rings. The van der Waals surface area contributed by atoms with E-state index in [9.17, 15) is 4.79 Å². The van der Waals surface area contributed by atoms with Crippen molar-refractivity contribution in [3.8, 4) is 0 Å². The molecule has 0 atom stereocenters. The van der Waals surface area contributed by atoms with Crippen molar-refractivity contribution in [3.05, 3.63) is 52.8 Å². The first-order valence-corrected chi connectivity index (χ1v) is 6.09. The molecule has 2 N–H and O–H groups in total. The van der Waals surface area contributed by atoms with Gasteiger partial charge in [0.05, 0.1) is 4.47 Å². The van der Waals surface area contributed by atoms with E-state index in [2.05, 4.69) is 36.5 Å². The van der Waals surface area contributed by atoms with E-state index < -0.39 is 0 Å². The summed E-state index contributed by atoms with van der Waals surface area (Å²) < 4.78 is 0.762. The average Bonchev–Trinajstić information content (AvgIpc) is 2.40. The predicted octanol–water partition coefficient (Wildman–Crippen LogP) is 2.56. The van der Waals surface area contributed by atoms with Crippen LogP contribution in [0.2, 0.25) is 0 Å². The van der Waals surface area contributed by atoms with Crippen molar-refractivity contribution < 1.29 is 4.79 Å². The van der Waals surface area contributed by atoms with E-state index in [0.717, 1.165) is 10.0 Å². The van der Waals surface area contributed by atoms with Gasteiger partial charge in [0, 0.05) is 18.9 Å². The number of benzene rings is 1. The van der Waals surface area contributed by atoms with Crippen LogP contribution in [0.15, 0.2) is 47.2 Å². The molecule has 18 heavy (non-hydrogen) atoms. The molecule has 0 aliphatic carbocycles. The second-order valence-corrected chi connectivity index (χ2v) is 4.43. The number of carbonyl (C=O) groups is 1. The number of halogens is 1. The van der Waals surface area contributed by atoms with Gasteiger partial charge in [-0.05, 0) is 21.5 Å². The maximum Gasteiger partial charge on any atom is 0.321 e. The highest BCUT2D eigenvalue weighted by Gasteiger charge is 2.03. The molecular formula is C12H11BrN4O. The summed E-state index contributed by atoms with van der Waals surface area (Å²) in [5, 5.41) is 5.27. The third-order valence-electron chi connectivity index (χ3n) is 2.14. The van der Waals surface area contributed by atoms with Crippen LogP contribution in [0, 0.1) is 0 Å². The molecule has 2 amide bonds. The minimum absolute atomic E-state index is 0.267. The van der Waals surface area contributed by atoms with E-state index in [0.29, 0.717) is 6.54 Å². The van der Waals surface area contributed by atoms with Crippen LogP contribution in [-0.2, 0) is 6.54 Å². The molecule has 0 bridgehead atoms. The zero-order valence-electron chi connectivity index (χ0n) is 9.43. The Morgan fingerprint density at radius 1 is 1.17 bits per heavy atom. The van der Waals surface area contributed by atoms with Crippen LogP contribution in [0.4, 0.5) is 10.7 Å². The monoisotopic (exact) mass is 306 g/mol. The molecule has 0 saturated carbocycles. The summed E-state index contributed by atoms with van der Waals surface area (Å²) in [7, 11) is 0. The minimum atomic E-state index is -0.332. The van der Waals surface area contributed by atoms with Gasteiger partial charge in [0.1, 0.15) is 0 Å². The Balaban J connectivity index is 1.84. The van der Waals surface area contributed by atoms with Crippen LogP contribution >= 0.6 is 15.9 Å². The molecule has 2 rings (SSSR count). The lowest BCUT2D eigenvalue weighted by molar-refractivity contribution is 0.251. The van der Waals surface area contributed by atoms with Crippen LogP contribution in [-0.4, -0.2) is 16.0 Å². The molecule has 0 aliphatic heterocycles. The van der Waals surface area contributed by atoms with Gasteiger partial charge in [-0.3, -0.25) is 5.32 Å². The Morgan fingerprint density at radius 2 is 1.83 bits per heavy atom. The highest BCUT2D eigenvalue weighted by molar-refractivity contribution is 9.10. The van der Waals surface area contributed by atoms with E-state index in [4.69, 9.17) is 0 Å². The van der Waals surface area contributed by atoms with E-state index in [1.54, 1.807) is 12.4 Å². The molecule has 0 saturated heterocycles. The van der Waals surface area contributed by atoms with E-state index in [1.807, 2.05) is 30.3 Å². The Bertz CT molecular complexity index is 515. The minimum Gasteiger partial charge on any atom is -0.334 e. The normalized spacial score (nSPS) is 9.83. The molecule has 5 nitrogen and oxygen atoms in total. The molecule has 92 valence electrons. The third-order valence-corrected chi connectivity index (χ3v) is 2.55. The first-order valence-electron chi connectivity index (χ1n) is 5.30. The first-order chi connectivity index (χ1) is 8.74. The largest absolute Gasteiger partial charge is 0.334 e. The second kappa shape index (κ2) is 6.11. The fraction of sp³-hybridized carbons (Fsp3) is 0.0833. The lowest BCUT2D eigenvalue weighted by Gasteiger charge is -2.06. The van der Waals surface area contributed by atoms with E-state index in [-0.39, 0.29) is 12.0 Å². The molecule has 1 aromatic carbocycles. The zero-order valence-corrected chi connectivity index (χ0v) is 11.0. The van der Waals surface area contributed by atoms with Crippen molar-refractivity contribution in [1.29, 1.82) is 0 Å². The topological polar surface area (TPSA) is 66.9 Å². The number of hydrogen-bond donors (Lipinski definition) is 2. The summed E-state index contributed by atoms with van der Waals surface area (Å²) in [5.41, 5.74) is 1.03. The van der Waals surface area contributed by atoms with E-state index >= 15 is 0 Å². The summed E-state index contributed by atoms with van der Waals surface area (Å²) in [5.74, 6) is 0.267. The first kappa shape index (κ1) is 12.5. The van der Waals surface area contributed by atoms with Crippen molar-refractivity contribution in [2.45, 2.75) is 6.54 Å². The van der Waals surface area contributed by atoms with Gasteiger partial charge in [0.2, 0.25) is 5.95 Å². The standard InChI is InChI=1S/C12H11BrN4O/c13-10-7-14-11(15-8-10)17-12(18)16-6-9-4-2-1-3-5-9/h1-5,7-8H,6H2,(H2,14,15,16,17,18). The lowest BCUT2D eigenvalue weighted by Crippen LogP contribution is -2.28.